The lowest BCUT2D eigenvalue weighted by molar-refractivity contribution is 0.472. The van der Waals surface area contributed by atoms with Crippen molar-refractivity contribution in [1.82, 2.24) is 14.5 Å². The number of nitrogen functional groups attached to an aromatic ring is 1. The molecule has 2 heterocycles. The van der Waals surface area contributed by atoms with Gasteiger partial charge in [0.25, 0.3) is 0 Å². The van der Waals surface area contributed by atoms with Gasteiger partial charge in [-0.2, -0.15) is 0 Å². The van der Waals surface area contributed by atoms with Gasteiger partial charge in [0.15, 0.2) is 5.65 Å². The van der Waals surface area contributed by atoms with Gasteiger partial charge in [0.05, 0.1) is 11.1 Å². The number of fused-ring (bicyclic) bond motifs is 1. The molecule has 0 aliphatic carbocycles. The van der Waals surface area contributed by atoms with Gasteiger partial charge in [-0.05, 0) is 17.7 Å². The van der Waals surface area contributed by atoms with Crippen LogP contribution in [0.1, 0.15) is 0 Å². The van der Waals surface area contributed by atoms with Crippen molar-refractivity contribution in [2.45, 2.75) is 0 Å². The number of phenols is 1. The molecule has 0 fully saturated rings. The van der Waals surface area contributed by atoms with E-state index < -0.39 is 0 Å². The van der Waals surface area contributed by atoms with Crippen molar-refractivity contribution < 1.29 is 5.11 Å². The third-order valence-electron chi connectivity index (χ3n) is 3.84. The number of nitrogens with two attached hydrogens (primary N) is 1. The minimum absolute atomic E-state index is 0.182. The second kappa shape index (κ2) is 5.14. The van der Waals surface area contributed by atoms with Gasteiger partial charge < -0.3 is 10.8 Å². The Morgan fingerprint density at radius 3 is 2.43 bits per heavy atom. The Labute approximate surface area is 132 Å². The van der Waals surface area contributed by atoms with Crippen LogP contribution in [0.4, 0.5) is 5.82 Å². The summed E-state index contributed by atoms with van der Waals surface area (Å²) in [6.45, 7) is 0. The summed E-state index contributed by atoms with van der Waals surface area (Å²) in [5.74, 6) is 0.601. The van der Waals surface area contributed by atoms with Crippen molar-refractivity contribution in [3.05, 3.63) is 67.1 Å². The van der Waals surface area contributed by atoms with E-state index >= 15 is 0 Å². The molecule has 0 aliphatic rings. The number of hydrogen-bond donors (Lipinski definition) is 2. The van der Waals surface area contributed by atoms with Gasteiger partial charge in [-0.3, -0.25) is 4.57 Å². The Hall–Kier alpha value is -3.34. The molecule has 2 aromatic heterocycles. The van der Waals surface area contributed by atoms with Gasteiger partial charge in [-0.1, -0.05) is 42.5 Å². The summed E-state index contributed by atoms with van der Waals surface area (Å²) in [6.07, 6.45) is 3.36. The van der Waals surface area contributed by atoms with Crippen molar-refractivity contribution in [3.8, 4) is 22.6 Å². The lowest BCUT2D eigenvalue weighted by Gasteiger charge is -2.06. The topological polar surface area (TPSA) is 77.0 Å². The number of nitrogens with zero attached hydrogens (tertiary/aromatic N) is 3. The predicted molar refractivity (Wildman–Crippen MR) is 90.4 cm³/mol. The zero-order chi connectivity index (χ0) is 15.8. The van der Waals surface area contributed by atoms with Crippen LogP contribution >= 0.6 is 0 Å². The first-order valence-corrected chi connectivity index (χ1v) is 7.21. The predicted octanol–water partition coefficient (Wildman–Crippen LogP) is 3.38. The average molecular weight is 302 g/mol. The number of anilines is 1. The van der Waals surface area contributed by atoms with Crippen molar-refractivity contribution in [2.75, 3.05) is 5.73 Å². The van der Waals surface area contributed by atoms with E-state index in [1.54, 1.807) is 12.1 Å². The normalized spacial score (nSPS) is 11.0. The van der Waals surface area contributed by atoms with Crippen LogP contribution in [-0.2, 0) is 0 Å². The van der Waals surface area contributed by atoms with Crippen LogP contribution in [0.15, 0.2) is 67.1 Å². The molecule has 0 unspecified atom stereocenters. The van der Waals surface area contributed by atoms with Crippen LogP contribution in [0.2, 0.25) is 0 Å². The summed E-state index contributed by atoms with van der Waals surface area (Å²) in [5.41, 5.74) is 9.37. The van der Waals surface area contributed by atoms with Crippen LogP contribution in [0.5, 0.6) is 5.75 Å². The number of aromatic hydroxyl groups is 1. The second-order valence-electron chi connectivity index (χ2n) is 5.23. The summed E-state index contributed by atoms with van der Waals surface area (Å²) in [5, 5.41) is 11.0. The maximum atomic E-state index is 10.2. The first kappa shape index (κ1) is 13.3. The summed E-state index contributed by atoms with van der Waals surface area (Å²) >= 11 is 0. The third kappa shape index (κ3) is 2.10. The molecule has 0 spiro atoms. The third-order valence-corrected chi connectivity index (χ3v) is 3.84. The minimum Gasteiger partial charge on any atom is -0.506 e. The molecule has 5 nitrogen and oxygen atoms in total. The smallest absolute Gasteiger partial charge is 0.150 e. The average Bonchev–Trinajstić information content (AvgIpc) is 2.97. The van der Waals surface area contributed by atoms with Crippen molar-refractivity contribution in [3.63, 3.8) is 0 Å². The fraction of sp³-hybridized carbons (Fsp3) is 0. The first-order chi connectivity index (χ1) is 11.3. The molecule has 5 heteroatoms. The standard InChI is InChI=1S/C18H14N4O/c19-17-16-13(12-6-2-1-3-7-12)10-22(18(16)21-11-20-17)14-8-4-5-9-15(14)23/h1-11,23H,(H2,19,20,21). The zero-order valence-corrected chi connectivity index (χ0v) is 12.2. The molecular weight excluding hydrogens is 288 g/mol. The highest BCUT2D eigenvalue weighted by molar-refractivity contribution is 6.01. The quantitative estimate of drug-likeness (QED) is 0.595. The SMILES string of the molecule is Nc1ncnc2c1c(-c1ccccc1)cn2-c1ccccc1O. The Morgan fingerprint density at radius 1 is 0.913 bits per heavy atom. The van der Waals surface area contributed by atoms with Gasteiger partial charge in [0.1, 0.15) is 17.9 Å². The van der Waals surface area contributed by atoms with E-state index in [-0.39, 0.29) is 5.75 Å². The molecule has 0 amide bonds. The monoisotopic (exact) mass is 302 g/mol. The minimum atomic E-state index is 0.182. The van der Waals surface area contributed by atoms with Gasteiger partial charge in [0.2, 0.25) is 0 Å². The van der Waals surface area contributed by atoms with Gasteiger partial charge in [0, 0.05) is 11.8 Å². The lowest BCUT2D eigenvalue weighted by atomic mass is 10.1. The molecule has 0 atom stereocenters. The fourth-order valence-electron chi connectivity index (χ4n) is 2.77. The molecule has 0 saturated carbocycles. The van der Waals surface area contributed by atoms with E-state index in [1.807, 2.05) is 53.2 Å². The largest absolute Gasteiger partial charge is 0.506 e. The van der Waals surface area contributed by atoms with Gasteiger partial charge >= 0.3 is 0 Å². The molecule has 3 N–H and O–H groups in total. The Bertz CT molecular complexity index is 993. The maximum Gasteiger partial charge on any atom is 0.150 e. The van der Waals surface area contributed by atoms with E-state index in [0.29, 0.717) is 17.2 Å². The Kier molecular flexibility index (Phi) is 2.98. The zero-order valence-electron chi connectivity index (χ0n) is 12.2. The van der Waals surface area contributed by atoms with Crippen molar-refractivity contribution >= 4 is 16.9 Å². The van der Waals surface area contributed by atoms with E-state index in [0.717, 1.165) is 16.5 Å². The molecule has 0 radical (unpaired) electrons. The molecule has 112 valence electrons. The van der Waals surface area contributed by atoms with E-state index in [2.05, 4.69) is 9.97 Å². The summed E-state index contributed by atoms with van der Waals surface area (Å²) < 4.78 is 1.84. The molecule has 4 aromatic rings. The molecule has 0 bridgehead atoms. The fourth-order valence-corrected chi connectivity index (χ4v) is 2.77. The second-order valence-corrected chi connectivity index (χ2v) is 5.23. The Morgan fingerprint density at radius 2 is 1.65 bits per heavy atom. The van der Waals surface area contributed by atoms with E-state index in [4.69, 9.17) is 5.73 Å². The van der Waals surface area contributed by atoms with Crippen molar-refractivity contribution in [2.24, 2.45) is 0 Å². The molecule has 23 heavy (non-hydrogen) atoms. The molecular formula is C18H14N4O. The van der Waals surface area contributed by atoms with E-state index in [9.17, 15) is 5.11 Å². The number of aromatic nitrogens is 3. The number of hydrogen-bond acceptors (Lipinski definition) is 4. The van der Waals surface area contributed by atoms with E-state index in [1.165, 1.54) is 6.33 Å². The summed E-state index contributed by atoms with van der Waals surface area (Å²) in [4.78, 5) is 8.48. The number of phenolic OH excluding ortho intramolecular Hbond substituents is 1. The number of para-hydroxylation sites is 2. The van der Waals surface area contributed by atoms with Crippen molar-refractivity contribution in [1.29, 1.82) is 0 Å². The molecule has 4 rings (SSSR count). The number of rotatable bonds is 2. The van der Waals surface area contributed by atoms with Crippen LogP contribution in [0.25, 0.3) is 27.8 Å². The molecule has 2 aromatic carbocycles. The van der Waals surface area contributed by atoms with Crippen LogP contribution < -0.4 is 5.73 Å². The highest BCUT2D eigenvalue weighted by atomic mass is 16.3. The summed E-state index contributed by atoms with van der Waals surface area (Å²) in [7, 11) is 0. The number of benzene rings is 2. The first-order valence-electron chi connectivity index (χ1n) is 7.21. The Balaban J connectivity index is 2.08. The van der Waals surface area contributed by atoms with Gasteiger partial charge in [-0.15, -0.1) is 0 Å². The highest BCUT2D eigenvalue weighted by Gasteiger charge is 2.17. The van der Waals surface area contributed by atoms with Crippen LogP contribution in [0.3, 0.4) is 0 Å². The van der Waals surface area contributed by atoms with Gasteiger partial charge in [-0.25, -0.2) is 9.97 Å². The molecule has 0 aliphatic heterocycles. The maximum absolute atomic E-state index is 10.2. The lowest BCUT2D eigenvalue weighted by Crippen LogP contribution is -1.97. The summed E-state index contributed by atoms with van der Waals surface area (Å²) in [6, 6.07) is 17.1. The van der Waals surface area contributed by atoms with Crippen LogP contribution in [0, 0.1) is 0 Å². The highest BCUT2D eigenvalue weighted by Crippen LogP contribution is 2.35. The van der Waals surface area contributed by atoms with Crippen LogP contribution in [-0.4, -0.2) is 19.6 Å². The molecule has 0 saturated heterocycles.